The average molecular weight is 230 g/mol. The van der Waals surface area contributed by atoms with Crippen LogP contribution >= 0.6 is 0 Å². The molecule has 3 heteroatoms. The van der Waals surface area contributed by atoms with Crippen LogP contribution in [0.15, 0.2) is 42.5 Å². The molecule has 0 N–H and O–H groups in total. The monoisotopic (exact) mass is 230 g/mol. The van der Waals surface area contributed by atoms with Gasteiger partial charge in [-0.3, -0.25) is 0 Å². The molecule has 0 aliphatic carbocycles. The predicted molar refractivity (Wildman–Crippen MR) is 63.5 cm³/mol. The molecule has 0 amide bonds. The standard InChI is InChI=1S/C14H14O3/c1-10(15)9-12(11-5-3-2-4-6-11)13-7-8-14(16)17-13/h2-8,12-13H,9H2,1H3/t12-,13+/m1/s1. The molecule has 88 valence electrons. The van der Waals surface area contributed by atoms with Gasteiger partial charge < -0.3 is 9.53 Å². The second kappa shape index (κ2) is 4.95. The first-order chi connectivity index (χ1) is 8.16. The third-order valence-corrected chi connectivity index (χ3v) is 2.81. The number of rotatable bonds is 4. The largest absolute Gasteiger partial charge is 0.454 e. The van der Waals surface area contributed by atoms with E-state index >= 15 is 0 Å². The molecule has 1 heterocycles. The van der Waals surface area contributed by atoms with Gasteiger partial charge in [-0.2, -0.15) is 0 Å². The van der Waals surface area contributed by atoms with Gasteiger partial charge in [-0.25, -0.2) is 4.79 Å². The molecule has 0 spiro atoms. The van der Waals surface area contributed by atoms with Crippen LogP contribution in [-0.4, -0.2) is 17.9 Å². The molecule has 0 aromatic heterocycles. The van der Waals surface area contributed by atoms with E-state index in [2.05, 4.69) is 0 Å². The number of hydrogen-bond donors (Lipinski definition) is 0. The minimum absolute atomic E-state index is 0.0867. The van der Waals surface area contributed by atoms with Crippen molar-refractivity contribution in [3.63, 3.8) is 0 Å². The number of ketones is 1. The van der Waals surface area contributed by atoms with E-state index in [1.807, 2.05) is 30.3 Å². The van der Waals surface area contributed by atoms with Crippen molar-refractivity contribution in [3.05, 3.63) is 48.0 Å². The maximum atomic E-state index is 11.3. The third-order valence-electron chi connectivity index (χ3n) is 2.81. The summed E-state index contributed by atoms with van der Waals surface area (Å²) in [6, 6.07) is 9.66. The third kappa shape index (κ3) is 2.81. The molecule has 1 aromatic rings. The molecule has 0 unspecified atom stereocenters. The van der Waals surface area contributed by atoms with Crippen LogP contribution < -0.4 is 0 Å². The Kier molecular flexibility index (Phi) is 3.38. The van der Waals surface area contributed by atoms with Crippen molar-refractivity contribution in [2.45, 2.75) is 25.4 Å². The summed E-state index contributed by atoms with van der Waals surface area (Å²) in [4.78, 5) is 22.4. The first-order valence-corrected chi connectivity index (χ1v) is 5.60. The Labute approximate surface area is 100 Å². The van der Waals surface area contributed by atoms with Gasteiger partial charge >= 0.3 is 5.97 Å². The molecule has 1 aliphatic heterocycles. The van der Waals surface area contributed by atoms with E-state index in [9.17, 15) is 9.59 Å². The van der Waals surface area contributed by atoms with E-state index in [1.165, 1.54) is 6.08 Å². The molecule has 17 heavy (non-hydrogen) atoms. The van der Waals surface area contributed by atoms with Crippen LogP contribution in [0.25, 0.3) is 0 Å². The lowest BCUT2D eigenvalue weighted by molar-refractivity contribution is -0.140. The minimum Gasteiger partial charge on any atom is -0.454 e. The SMILES string of the molecule is CC(=O)C[C@H](c1ccccc1)[C@@H]1C=CC(=O)O1. The Morgan fingerprint density at radius 2 is 2.06 bits per heavy atom. The van der Waals surface area contributed by atoms with E-state index in [0.29, 0.717) is 6.42 Å². The molecular formula is C14H14O3. The molecule has 0 saturated carbocycles. The zero-order valence-electron chi connectivity index (χ0n) is 9.63. The summed E-state index contributed by atoms with van der Waals surface area (Å²) < 4.78 is 5.18. The lowest BCUT2D eigenvalue weighted by Crippen LogP contribution is -2.20. The molecule has 2 atom stereocenters. The van der Waals surface area contributed by atoms with Gasteiger partial charge in [-0.05, 0) is 18.6 Å². The van der Waals surface area contributed by atoms with Crippen molar-refractivity contribution < 1.29 is 14.3 Å². The molecule has 1 aliphatic rings. The highest BCUT2D eigenvalue weighted by Crippen LogP contribution is 2.29. The molecule has 2 rings (SSSR count). The van der Waals surface area contributed by atoms with Crippen LogP contribution in [0, 0.1) is 0 Å². The second-order valence-corrected chi connectivity index (χ2v) is 4.18. The van der Waals surface area contributed by atoms with Crippen LogP contribution in [0.4, 0.5) is 0 Å². The number of ether oxygens (including phenoxy) is 1. The summed E-state index contributed by atoms with van der Waals surface area (Å²) in [6.45, 7) is 1.55. The number of esters is 1. The fourth-order valence-corrected chi connectivity index (χ4v) is 2.04. The van der Waals surface area contributed by atoms with Gasteiger partial charge in [0.05, 0.1) is 0 Å². The van der Waals surface area contributed by atoms with Gasteiger partial charge in [0.25, 0.3) is 0 Å². The molecule has 0 fully saturated rings. The van der Waals surface area contributed by atoms with Crippen LogP contribution in [-0.2, 0) is 14.3 Å². The summed E-state index contributed by atoms with van der Waals surface area (Å²) in [5.41, 5.74) is 1.02. The van der Waals surface area contributed by atoms with Crippen LogP contribution in [0.1, 0.15) is 24.8 Å². The summed E-state index contributed by atoms with van der Waals surface area (Å²) in [7, 11) is 0. The maximum Gasteiger partial charge on any atom is 0.331 e. The Morgan fingerprint density at radius 3 is 2.59 bits per heavy atom. The fraction of sp³-hybridized carbons (Fsp3) is 0.286. The van der Waals surface area contributed by atoms with Gasteiger partial charge in [0.15, 0.2) is 0 Å². The lowest BCUT2D eigenvalue weighted by Gasteiger charge is -2.21. The summed E-state index contributed by atoms with van der Waals surface area (Å²) in [6.07, 6.45) is 3.20. The highest BCUT2D eigenvalue weighted by molar-refractivity contribution is 5.85. The fourth-order valence-electron chi connectivity index (χ4n) is 2.04. The van der Waals surface area contributed by atoms with Crippen LogP contribution in [0.3, 0.4) is 0 Å². The normalized spacial score (nSPS) is 20.1. The molecule has 0 radical (unpaired) electrons. The van der Waals surface area contributed by atoms with Crippen molar-refractivity contribution >= 4 is 11.8 Å². The Morgan fingerprint density at radius 1 is 1.35 bits per heavy atom. The van der Waals surface area contributed by atoms with Crippen molar-refractivity contribution in [2.24, 2.45) is 0 Å². The van der Waals surface area contributed by atoms with E-state index in [0.717, 1.165) is 5.56 Å². The Hall–Kier alpha value is -1.90. The first-order valence-electron chi connectivity index (χ1n) is 5.60. The topological polar surface area (TPSA) is 43.4 Å². The highest BCUT2D eigenvalue weighted by atomic mass is 16.5. The molecule has 0 bridgehead atoms. The molecule has 3 nitrogen and oxygen atoms in total. The van der Waals surface area contributed by atoms with E-state index in [1.54, 1.807) is 13.0 Å². The minimum atomic E-state index is -0.334. The van der Waals surface area contributed by atoms with E-state index in [4.69, 9.17) is 4.74 Å². The molecule has 1 aromatic carbocycles. The smallest absolute Gasteiger partial charge is 0.331 e. The first kappa shape index (κ1) is 11.6. The Balaban J connectivity index is 2.23. The van der Waals surface area contributed by atoms with E-state index < -0.39 is 0 Å². The van der Waals surface area contributed by atoms with Crippen LogP contribution in [0.5, 0.6) is 0 Å². The molecular weight excluding hydrogens is 216 g/mol. The number of carbonyl (C=O) groups excluding carboxylic acids is 2. The number of benzene rings is 1. The van der Waals surface area contributed by atoms with Crippen molar-refractivity contribution in [1.29, 1.82) is 0 Å². The lowest BCUT2D eigenvalue weighted by atomic mass is 9.89. The summed E-state index contributed by atoms with van der Waals surface area (Å²) >= 11 is 0. The van der Waals surface area contributed by atoms with Gasteiger partial charge in [-0.15, -0.1) is 0 Å². The van der Waals surface area contributed by atoms with Gasteiger partial charge in [0, 0.05) is 18.4 Å². The van der Waals surface area contributed by atoms with Gasteiger partial charge in [0.2, 0.25) is 0 Å². The highest BCUT2D eigenvalue weighted by Gasteiger charge is 2.28. The van der Waals surface area contributed by atoms with Gasteiger partial charge in [0.1, 0.15) is 11.9 Å². The van der Waals surface area contributed by atoms with Gasteiger partial charge in [-0.1, -0.05) is 30.3 Å². The zero-order chi connectivity index (χ0) is 12.3. The van der Waals surface area contributed by atoms with E-state index in [-0.39, 0.29) is 23.8 Å². The quantitative estimate of drug-likeness (QED) is 0.745. The maximum absolute atomic E-state index is 11.3. The Bertz CT molecular complexity index is 448. The zero-order valence-corrected chi connectivity index (χ0v) is 9.63. The van der Waals surface area contributed by atoms with Crippen LogP contribution in [0.2, 0.25) is 0 Å². The van der Waals surface area contributed by atoms with Crippen molar-refractivity contribution in [1.82, 2.24) is 0 Å². The average Bonchev–Trinajstić information content (AvgIpc) is 2.73. The number of Topliss-reactive ketones (excluding diaryl/α,β-unsaturated/α-hetero) is 1. The summed E-state index contributed by atoms with van der Waals surface area (Å²) in [5.74, 6) is -0.328. The van der Waals surface area contributed by atoms with Crippen molar-refractivity contribution in [3.8, 4) is 0 Å². The number of hydrogen-bond acceptors (Lipinski definition) is 3. The number of cyclic esters (lactones) is 1. The number of carbonyl (C=O) groups is 2. The second-order valence-electron chi connectivity index (χ2n) is 4.18. The summed E-state index contributed by atoms with van der Waals surface area (Å²) in [5, 5.41) is 0. The molecule has 0 saturated heterocycles. The van der Waals surface area contributed by atoms with Crippen molar-refractivity contribution in [2.75, 3.05) is 0 Å². The predicted octanol–water partition coefficient (Wildman–Crippen LogP) is 2.23.